The first-order chi connectivity index (χ1) is 7.55. The second kappa shape index (κ2) is 5.46. The molecule has 1 fully saturated rings. The fraction of sp³-hybridized carbons (Fsp3) is 0.818. The maximum absolute atomic E-state index is 11.0. The van der Waals surface area contributed by atoms with Crippen LogP contribution in [-0.2, 0) is 9.59 Å². The Balaban J connectivity index is 0.000000557. The maximum atomic E-state index is 11.0. The van der Waals surface area contributed by atoms with Gasteiger partial charge in [0, 0.05) is 13.0 Å². The third-order valence-electron chi connectivity index (χ3n) is 3.50. The topological polar surface area (TPSA) is 121 Å². The summed E-state index contributed by atoms with van der Waals surface area (Å²) in [6, 6.07) is -0.442. The summed E-state index contributed by atoms with van der Waals surface area (Å²) in [5, 5.41) is 26.5. The van der Waals surface area contributed by atoms with E-state index in [9.17, 15) is 9.90 Å². The molecule has 3 atom stereocenters. The lowest BCUT2D eigenvalue weighted by atomic mass is 9.63. The summed E-state index contributed by atoms with van der Waals surface area (Å²) in [6.45, 7) is 4.17. The van der Waals surface area contributed by atoms with E-state index in [-0.39, 0.29) is 0 Å². The first-order valence-corrected chi connectivity index (χ1v) is 5.46. The summed E-state index contributed by atoms with van der Waals surface area (Å²) in [5.41, 5.74) is 3.30. The third-order valence-corrected chi connectivity index (χ3v) is 3.50. The number of aliphatic hydroxyl groups is 1. The van der Waals surface area contributed by atoms with Crippen molar-refractivity contribution < 1.29 is 24.9 Å². The monoisotopic (exact) mass is 247 g/mol. The van der Waals surface area contributed by atoms with Crippen LogP contribution in [-0.4, -0.2) is 38.9 Å². The summed E-state index contributed by atoms with van der Waals surface area (Å²) in [6.07, 6.45) is 1.94. The van der Waals surface area contributed by atoms with Gasteiger partial charge in [-0.3, -0.25) is 9.59 Å². The molecular formula is C11H21NO5. The number of carboxylic acid groups (broad SMARTS) is 2. The predicted molar refractivity (Wildman–Crippen MR) is 61.5 cm³/mol. The highest BCUT2D eigenvalue weighted by atomic mass is 16.4. The number of hydrogen-bond donors (Lipinski definition) is 4. The number of nitrogens with two attached hydrogens (primary N) is 1. The van der Waals surface area contributed by atoms with Gasteiger partial charge in [-0.25, -0.2) is 0 Å². The van der Waals surface area contributed by atoms with Gasteiger partial charge in [0.15, 0.2) is 0 Å². The molecule has 1 aliphatic rings. The quantitative estimate of drug-likeness (QED) is 0.533. The predicted octanol–water partition coefficient (Wildman–Crippen LogP) is 0.430. The highest BCUT2D eigenvalue weighted by Crippen LogP contribution is 2.43. The lowest BCUT2D eigenvalue weighted by Crippen LogP contribution is -2.62. The van der Waals surface area contributed by atoms with E-state index < -0.39 is 29.0 Å². The number of aliphatic carboxylic acids is 2. The Morgan fingerprint density at radius 1 is 1.29 bits per heavy atom. The van der Waals surface area contributed by atoms with Crippen LogP contribution < -0.4 is 5.73 Å². The molecule has 0 radical (unpaired) electrons. The van der Waals surface area contributed by atoms with Crippen LogP contribution in [0.2, 0.25) is 0 Å². The molecule has 100 valence electrons. The summed E-state index contributed by atoms with van der Waals surface area (Å²) in [4.78, 5) is 20.0. The van der Waals surface area contributed by atoms with Crippen molar-refractivity contribution >= 4 is 11.9 Å². The molecule has 6 heteroatoms. The maximum Gasteiger partial charge on any atom is 0.312 e. The molecule has 0 saturated heterocycles. The van der Waals surface area contributed by atoms with E-state index in [1.807, 2.05) is 0 Å². The molecule has 17 heavy (non-hydrogen) atoms. The van der Waals surface area contributed by atoms with Crippen LogP contribution in [0.25, 0.3) is 0 Å². The Kier molecular flexibility index (Phi) is 5.10. The molecule has 0 spiro atoms. The Morgan fingerprint density at radius 3 is 2.00 bits per heavy atom. The molecule has 0 heterocycles. The van der Waals surface area contributed by atoms with Gasteiger partial charge in [-0.2, -0.15) is 0 Å². The van der Waals surface area contributed by atoms with E-state index in [0.717, 1.165) is 13.3 Å². The molecule has 0 amide bonds. The van der Waals surface area contributed by atoms with Gasteiger partial charge in [0.05, 0.1) is 11.0 Å². The van der Waals surface area contributed by atoms with E-state index in [1.165, 1.54) is 6.92 Å². The van der Waals surface area contributed by atoms with E-state index in [1.54, 1.807) is 6.92 Å². The van der Waals surface area contributed by atoms with E-state index in [0.29, 0.717) is 12.8 Å². The molecule has 1 saturated carbocycles. The second-order valence-corrected chi connectivity index (χ2v) is 4.80. The number of rotatable bonds is 1. The summed E-state index contributed by atoms with van der Waals surface area (Å²) < 4.78 is 0. The molecule has 0 aromatic heterocycles. The van der Waals surface area contributed by atoms with Crippen LogP contribution in [0.5, 0.6) is 0 Å². The first-order valence-electron chi connectivity index (χ1n) is 5.46. The zero-order valence-electron chi connectivity index (χ0n) is 10.4. The minimum absolute atomic E-state index is 0.442. The molecule has 1 aliphatic carbocycles. The van der Waals surface area contributed by atoms with Crippen LogP contribution in [0, 0.1) is 5.41 Å². The van der Waals surface area contributed by atoms with Gasteiger partial charge in [0.25, 0.3) is 5.97 Å². The van der Waals surface area contributed by atoms with Crippen molar-refractivity contribution in [1.29, 1.82) is 0 Å². The normalized spacial score (nSPS) is 36.6. The van der Waals surface area contributed by atoms with E-state index in [4.69, 9.17) is 20.7 Å². The summed E-state index contributed by atoms with van der Waals surface area (Å²) >= 11 is 0. The first kappa shape index (κ1) is 15.9. The fourth-order valence-electron chi connectivity index (χ4n) is 1.94. The lowest BCUT2D eigenvalue weighted by molar-refractivity contribution is -0.174. The van der Waals surface area contributed by atoms with Crippen molar-refractivity contribution in [3.63, 3.8) is 0 Å². The Bertz CT molecular complexity index is 298. The van der Waals surface area contributed by atoms with Crippen LogP contribution in [0.4, 0.5) is 0 Å². The minimum Gasteiger partial charge on any atom is -0.481 e. The molecular weight excluding hydrogens is 226 g/mol. The van der Waals surface area contributed by atoms with Gasteiger partial charge >= 0.3 is 5.97 Å². The Labute approximate surface area is 100 Å². The van der Waals surface area contributed by atoms with Crippen LogP contribution >= 0.6 is 0 Å². The average Bonchev–Trinajstić information content (AvgIpc) is 2.13. The largest absolute Gasteiger partial charge is 0.481 e. The molecule has 0 bridgehead atoms. The highest BCUT2D eigenvalue weighted by molar-refractivity contribution is 5.76. The standard InChI is InChI=1S/C9H17NO3.C2H4O2/c1-8(7(11)12)5-3-4-6(10)9(8,2)13;1-2(3)4/h6,13H,3-5,10H2,1-2H3,(H,11,12);1H3,(H,3,4). The highest BCUT2D eigenvalue weighted by Gasteiger charge is 2.54. The number of carbonyl (C=O) groups is 2. The van der Waals surface area contributed by atoms with Crippen LogP contribution in [0.1, 0.15) is 40.0 Å². The molecule has 1 rings (SSSR count). The van der Waals surface area contributed by atoms with Crippen molar-refractivity contribution in [3.05, 3.63) is 0 Å². The molecule has 0 aliphatic heterocycles. The molecule has 0 aromatic carbocycles. The zero-order valence-corrected chi connectivity index (χ0v) is 10.4. The lowest BCUT2D eigenvalue weighted by Gasteiger charge is -2.47. The molecule has 6 nitrogen and oxygen atoms in total. The van der Waals surface area contributed by atoms with Crippen LogP contribution in [0.3, 0.4) is 0 Å². The summed E-state index contributed by atoms with van der Waals surface area (Å²) in [7, 11) is 0. The van der Waals surface area contributed by atoms with Gasteiger partial charge in [0.1, 0.15) is 0 Å². The SMILES string of the molecule is CC(=O)O.CC1(C(=O)O)CCCC(N)C1(C)O. The molecule has 0 aromatic rings. The van der Waals surface area contributed by atoms with Crippen molar-refractivity contribution in [2.45, 2.75) is 51.7 Å². The third kappa shape index (κ3) is 3.41. The van der Waals surface area contributed by atoms with Crippen LogP contribution in [0.15, 0.2) is 0 Å². The Morgan fingerprint density at radius 2 is 1.71 bits per heavy atom. The Hall–Kier alpha value is -1.14. The zero-order chi connectivity index (χ0) is 13.9. The average molecular weight is 247 g/mol. The van der Waals surface area contributed by atoms with E-state index in [2.05, 4.69) is 0 Å². The minimum atomic E-state index is -1.31. The van der Waals surface area contributed by atoms with Gasteiger partial charge in [-0.15, -0.1) is 0 Å². The summed E-state index contributed by atoms with van der Waals surface area (Å²) in [5.74, 6) is -1.80. The van der Waals surface area contributed by atoms with Gasteiger partial charge in [0.2, 0.25) is 0 Å². The van der Waals surface area contributed by atoms with Crippen molar-refractivity contribution in [1.82, 2.24) is 0 Å². The number of hydrogen-bond acceptors (Lipinski definition) is 4. The number of carboxylic acids is 2. The van der Waals surface area contributed by atoms with E-state index >= 15 is 0 Å². The van der Waals surface area contributed by atoms with Crippen molar-refractivity contribution in [3.8, 4) is 0 Å². The van der Waals surface area contributed by atoms with Gasteiger partial charge < -0.3 is 21.1 Å². The van der Waals surface area contributed by atoms with Crippen molar-refractivity contribution in [2.24, 2.45) is 11.1 Å². The van der Waals surface area contributed by atoms with Gasteiger partial charge in [-0.05, 0) is 26.7 Å². The smallest absolute Gasteiger partial charge is 0.312 e. The van der Waals surface area contributed by atoms with Crippen molar-refractivity contribution in [2.75, 3.05) is 0 Å². The van der Waals surface area contributed by atoms with Gasteiger partial charge in [-0.1, -0.05) is 6.42 Å². The fourth-order valence-corrected chi connectivity index (χ4v) is 1.94. The molecule has 3 unspecified atom stereocenters. The second-order valence-electron chi connectivity index (χ2n) is 4.80. The molecule has 5 N–H and O–H groups in total.